The Hall–Kier alpha value is -3.92. The van der Waals surface area contributed by atoms with Gasteiger partial charge >= 0.3 is 0 Å². The minimum atomic E-state index is -0.419. The maximum absolute atomic E-state index is 14.9. The molecule has 35 heavy (non-hydrogen) atoms. The fourth-order valence-corrected chi connectivity index (χ4v) is 4.14. The van der Waals surface area contributed by atoms with Crippen molar-refractivity contribution in [2.24, 2.45) is 0 Å². The highest BCUT2D eigenvalue weighted by atomic mass is 19.1. The fourth-order valence-electron chi connectivity index (χ4n) is 4.14. The third-order valence-electron chi connectivity index (χ3n) is 5.87. The van der Waals surface area contributed by atoms with Crippen LogP contribution in [0.15, 0.2) is 54.7 Å². The molecule has 7 heteroatoms. The van der Waals surface area contributed by atoms with E-state index in [0.717, 1.165) is 54.3 Å². The molecule has 4 rings (SSSR count). The number of nitriles is 1. The van der Waals surface area contributed by atoms with Gasteiger partial charge in [-0.2, -0.15) is 10.2 Å². The highest BCUT2D eigenvalue weighted by molar-refractivity contribution is 5.92. The van der Waals surface area contributed by atoms with Crippen LogP contribution < -0.4 is 10.1 Å². The van der Waals surface area contributed by atoms with Crippen LogP contribution >= 0.6 is 0 Å². The summed E-state index contributed by atoms with van der Waals surface area (Å²) < 4.78 is 20.9. The summed E-state index contributed by atoms with van der Waals surface area (Å²) in [6.07, 6.45) is 7.13. The molecule has 180 valence electrons. The van der Waals surface area contributed by atoms with Crippen LogP contribution in [-0.2, 0) is 6.42 Å². The van der Waals surface area contributed by atoms with Gasteiger partial charge in [-0.15, -0.1) is 0 Å². The molecule has 2 N–H and O–H groups in total. The van der Waals surface area contributed by atoms with Crippen LogP contribution in [0.1, 0.15) is 51.5 Å². The molecule has 0 bridgehead atoms. The van der Waals surface area contributed by atoms with E-state index in [0.29, 0.717) is 23.7 Å². The van der Waals surface area contributed by atoms with Crippen molar-refractivity contribution in [1.82, 2.24) is 15.0 Å². The van der Waals surface area contributed by atoms with E-state index in [1.54, 1.807) is 12.1 Å². The first-order chi connectivity index (χ1) is 17.1. The first-order valence-corrected chi connectivity index (χ1v) is 12.2. The van der Waals surface area contributed by atoms with E-state index in [4.69, 9.17) is 15.0 Å². The first kappa shape index (κ1) is 24.2. The number of hydrogen-bond donors (Lipinski definition) is 2. The van der Waals surface area contributed by atoms with Gasteiger partial charge in [-0.05, 0) is 42.7 Å². The van der Waals surface area contributed by atoms with E-state index in [2.05, 4.69) is 35.2 Å². The quantitative estimate of drug-likeness (QED) is 0.239. The van der Waals surface area contributed by atoms with Crippen molar-refractivity contribution in [3.8, 4) is 23.1 Å². The van der Waals surface area contributed by atoms with Gasteiger partial charge in [0, 0.05) is 28.9 Å². The van der Waals surface area contributed by atoms with Crippen molar-refractivity contribution < 1.29 is 9.13 Å². The van der Waals surface area contributed by atoms with E-state index < -0.39 is 5.82 Å². The Morgan fingerprint density at radius 3 is 2.74 bits per heavy atom. The van der Waals surface area contributed by atoms with Gasteiger partial charge in [0.2, 0.25) is 5.95 Å². The Morgan fingerprint density at radius 2 is 1.97 bits per heavy atom. The summed E-state index contributed by atoms with van der Waals surface area (Å²) in [7, 11) is 0. The SMILES string of the molecule is CCCCC(CCC)Oc1ccc(Nc2nc(-c3cccc(CC#N)c3)c3cc[nH]c3n2)cc1F. The van der Waals surface area contributed by atoms with Gasteiger partial charge in [0.15, 0.2) is 11.6 Å². The molecule has 0 radical (unpaired) electrons. The fraction of sp³-hybridized carbons (Fsp3) is 0.321. The normalized spacial score (nSPS) is 11.8. The van der Waals surface area contributed by atoms with Gasteiger partial charge in [0.25, 0.3) is 0 Å². The second-order valence-electron chi connectivity index (χ2n) is 8.61. The molecule has 0 saturated heterocycles. The van der Waals surface area contributed by atoms with Gasteiger partial charge in [-0.25, -0.2) is 9.37 Å². The molecule has 1 unspecified atom stereocenters. The average molecular weight is 472 g/mol. The number of fused-ring (bicyclic) bond motifs is 1. The number of aromatic nitrogens is 3. The molecular weight excluding hydrogens is 441 g/mol. The lowest BCUT2D eigenvalue weighted by Crippen LogP contribution is -2.17. The topological polar surface area (TPSA) is 86.6 Å². The lowest BCUT2D eigenvalue weighted by atomic mass is 10.0. The number of benzene rings is 2. The summed E-state index contributed by atoms with van der Waals surface area (Å²) in [4.78, 5) is 12.4. The van der Waals surface area contributed by atoms with Crippen molar-refractivity contribution in [3.05, 3.63) is 66.1 Å². The minimum absolute atomic E-state index is 0.0197. The molecule has 2 heterocycles. The molecule has 2 aromatic carbocycles. The number of nitrogens with one attached hydrogen (secondary N) is 2. The molecule has 0 aliphatic rings. The van der Waals surface area contributed by atoms with E-state index in [1.165, 1.54) is 6.07 Å². The predicted molar refractivity (Wildman–Crippen MR) is 137 cm³/mol. The summed E-state index contributed by atoms with van der Waals surface area (Å²) in [6.45, 7) is 4.26. The van der Waals surface area contributed by atoms with Gasteiger partial charge < -0.3 is 15.0 Å². The monoisotopic (exact) mass is 471 g/mol. The lowest BCUT2D eigenvalue weighted by Gasteiger charge is -2.19. The number of H-pyrrole nitrogens is 1. The Kier molecular flexibility index (Phi) is 7.94. The predicted octanol–water partition coefficient (Wildman–Crippen LogP) is 7.31. The third kappa shape index (κ3) is 5.96. The molecule has 1 atom stereocenters. The van der Waals surface area contributed by atoms with Gasteiger partial charge in [0.1, 0.15) is 5.65 Å². The maximum Gasteiger partial charge on any atom is 0.229 e. The van der Waals surface area contributed by atoms with Crippen LogP contribution in [0.5, 0.6) is 5.75 Å². The second-order valence-corrected chi connectivity index (χ2v) is 8.61. The molecule has 0 aliphatic carbocycles. The van der Waals surface area contributed by atoms with Crippen LogP contribution in [0.2, 0.25) is 0 Å². The minimum Gasteiger partial charge on any atom is -0.487 e. The third-order valence-corrected chi connectivity index (χ3v) is 5.87. The molecule has 0 amide bonds. The van der Waals surface area contributed by atoms with Crippen LogP contribution in [0, 0.1) is 17.1 Å². The highest BCUT2D eigenvalue weighted by Crippen LogP contribution is 2.30. The number of hydrogen-bond acceptors (Lipinski definition) is 5. The molecule has 4 aromatic rings. The zero-order valence-corrected chi connectivity index (χ0v) is 20.1. The highest BCUT2D eigenvalue weighted by Gasteiger charge is 2.15. The van der Waals surface area contributed by atoms with Gasteiger partial charge in [0.05, 0.1) is 24.3 Å². The number of rotatable bonds is 11. The number of unbranched alkanes of at least 4 members (excludes halogenated alkanes) is 1. The summed E-state index contributed by atoms with van der Waals surface area (Å²) in [6, 6.07) is 16.7. The lowest BCUT2D eigenvalue weighted by molar-refractivity contribution is 0.169. The molecular formula is C28H30FN5O. The Morgan fingerprint density at radius 1 is 1.09 bits per heavy atom. The van der Waals surface area contributed by atoms with E-state index in [-0.39, 0.29) is 11.9 Å². The largest absolute Gasteiger partial charge is 0.487 e. The first-order valence-electron chi connectivity index (χ1n) is 12.2. The number of ether oxygens (including phenoxy) is 1. The summed E-state index contributed by atoms with van der Waals surface area (Å²) in [5, 5.41) is 13.0. The molecule has 2 aromatic heterocycles. The Balaban J connectivity index is 1.59. The van der Waals surface area contributed by atoms with E-state index in [9.17, 15) is 4.39 Å². The molecule has 0 aliphatic heterocycles. The second kappa shape index (κ2) is 11.5. The number of halogens is 1. The zero-order valence-electron chi connectivity index (χ0n) is 20.1. The van der Waals surface area contributed by atoms with Crippen LogP contribution in [-0.4, -0.2) is 21.1 Å². The summed E-state index contributed by atoms with van der Waals surface area (Å²) in [5.41, 5.74) is 3.74. The Labute approximate surface area is 205 Å². The molecule has 0 fully saturated rings. The standard InChI is InChI=1S/C28H30FN5O/c1-3-5-10-22(7-4-2)35-25-12-11-21(18-24(25)29)32-28-33-26(23-14-16-31-27(23)34-28)20-9-6-8-19(17-20)13-15-30/h6,8-9,11-12,14,16-18,22H,3-5,7,10,13H2,1-2H3,(H2,31,32,33,34). The van der Waals surface area contributed by atoms with Crippen LogP contribution in [0.25, 0.3) is 22.3 Å². The zero-order chi connectivity index (χ0) is 24.6. The number of aromatic amines is 1. The van der Waals surface area contributed by atoms with Crippen molar-refractivity contribution in [1.29, 1.82) is 5.26 Å². The van der Waals surface area contributed by atoms with Crippen molar-refractivity contribution >= 4 is 22.7 Å². The summed E-state index contributed by atoms with van der Waals surface area (Å²) in [5.74, 6) is 0.194. The van der Waals surface area contributed by atoms with Crippen molar-refractivity contribution in [2.45, 2.75) is 58.5 Å². The average Bonchev–Trinajstić information content (AvgIpc) is 3.33. The number of anilines is 2. The maximum atomic E-state index is 14.9. The molecule has 0 spiro atoms. The van der Waals surface area contributed by atoms with Gasteiger partial charge in [-0.3, -0.25) is 0 Å². The van der Waals surface area contributed by atoms with Gasteiger partial charge in [-0.1, -0.05) is 51.3 Å². The van der Waals surface area contributed by atoms with Crippen LogP contribution in [0.3, 0.4) is 0 Å². The molecule has 6 nitrogen and oxygen atoms in total. The van der Waals surface area contributed by atoms with Crippen molar-refractivity contribution in [2.75, 3.05) is 5.32 Å². The number of nitrogens with zero attached hydrogens (tertiary/aromatic N) is 3. The Bertz CT molecular complexity index is 1330. The molecule has 0 saturated carbocycles. The summed E-state index contributed by atoms with van der Waals surface area (Å²) >= 11 is 0. The van der Waals surface area contributed by atoms with E-state index >= 15 is 0 Å². The van der Waals surface area contributed by atoms with E-state index in [1.807, 2.05) is 36.5 Å². The smallest absolute Gasteiger partial charge is 0.229 e. The van der Waals surface area contributed by atoms with Crippen molar-refractivity contribution in [3.63, 3.8) is 0 Å². The van der Waals surface area contributed by atoms with Crippen LogP contribution in [0.4, 0.5) is 16.0 Å².